The van der Waals surface area contributed by atoms with Gasteiger partial charge in [-0.2, -0.15) is 5.26 Å². The highest BCUT2D eigenvalue weighted by Crippen LogP contribution is 2.41. The standard InChI is InChI=1S/C24H22ClN5O2/c25-20-8-9-21-19(11-20)13-29(24(31)32)14-22-27-28-23(30(21)22)17-6-4-16(5-7-17)18-3-1-2-15(10-18)12-26/h1-3,8-11,16-17H,4-7,13-14H2,(H,31,32). The molecule has 0 atom stereocenters. The lowest BCUT2D eigenvalue weighted by atomic mass is 9.78. The largest absolute Gasteiger partial charge is 0.465 e. The van der Waals surface area contributed by atoms with Crippen LogP contribution in [0.3, 0.4) is 0 Å². The molecule has 1 fully saturated rings. The van der Waals surface area contributed by atoms with Crippen LogP contribution in [0, 0.1) is 11.3 Å². The van der Waals surface area contributed by atoms with Gasteiger partial charge in [0.1, 0.15) is 5.82 Å². The van der Waals surface area contributed by atoms with Gasteiger partial charge in [0.25, 0.3) is 0 Å². The Morgan fingerprint density at radius 3 is 2.59 bits per heavy atom. The number of nitriles is 1. The lowest BCUT2D eigenvalue weighted by molar-refractivity contribution is 0.139. The van der Waals surface area contributed by atoms with E-state index in [1.165, 1.54) is 10.5 Å². The second-order valence-electron chi connectivity index (χ2n) is 8.51. The van der Waals surface area contributed by atoms with Gasteiger partial charge < -0.3 is 5.11 Å². The number of carboxylic acid groups (broad SMARTS) is 1. The summed E-state index contributed by atoms with van der Waals surface area (Å²) in [6.07, 6.45) is 2.96. The maximum atomic E-state index is 11.8. The number of hydrogen-bond donors (Lipinski definition) is 1. The molecule has 1 amide bonds. The molecule has 0 unspecified atom stereocenters. The summed E-state index contributed by atoms with van der Waals surface area (Å²) in [6.45, 7) is 0.445. The van der Waals surface area contributed by atoms with Crippen molar-refractivity contribution in [3.63, 3.8) is 0 Å². The third kappa shape index (κ3) is 3.71. The van der Waals surface area contributed by atoms with E-state index in [1.807, 2.05) is 41.0 Å². The first-order valence-corrected chi connectivity index (χ1v) is 11.1. The Morgan fingerprint density at radius 1 is 1.06 bits per heavy atom. The van der Waals surface area contributed by atoms with E-state index in [4.69, 9.17) is 11.6 Å². The average molecular weight is 448 g/mol. The molecule has 0 radical (unpaired) electrons. The van der Waals surface area contributed by atoms with Gasteiger partial charge in [0.05, 0.1) is 30.4 Å². The number of hydrogen-bond acceptors (Lipinski definition) is 4. The van der Waals surface area contributed by atoms with E-state index in [1.54, 1.807) is 0 Å². The topological polar surface area (TPSA) is 95.0 Å². The number of halogens is 1. The third-order valence-electron chi connectivity index (χ3n) is 6.58. The van der Waals surface area contributed by atoms with E-state index in [-0.39, 0.29) is 19.0 Å². The minimum atomic E-state index is -0.992. The van der Waals surface area contributed by atoms with Crippen LogP contribution in [0.1, 0.15) is 65.9 Å². The summed E-state index contributed by atoms with van der Waals surface area (Å²) >= 11 is 6.22. The zero-order chi connectivity index (χ0) is 22.2. The summed E-state index contributed by atoms with van der Waals surface area (Å²) in [4.78, 5) is 13.1. The molecular weight excluding hydrogens is 426 g/mol. The summed E-state index contributed by atoms with van der Waals surface area (Å²) in [6, 6.07) is 15.7. The molecule has 1 aliphatic carbocycles. The second-order valence-corrected chi connectivity index (χ2v) is 8.94. The molecule has 1 aliphatic heterocycles. The number of benzene rings is 2. The summed E-state index contributed by atoms with van der Waals surface area (Å²) < 4.78 is 2.04. The molecule has 2 aromatic carbocycles. The smallest absolute Gasteiger partial charge is 0.408 e. The Morgan fingerprint density at radius 2 is 1.84 bits per heavy atom. The van der Waals surface area contributed by atoms with Crippen LogP contribution in [0.5, 0.6) is 0 Å². The molecule has 1 saturated carbocycles. The maximum absolute atomic E-state index is 11.8. The number of rotatable bonds is 2. The summed E-state index contributed by atoms with van der Waals surface area (Å²) in [5, 5.41) is 28.3. The van der Waals surface area contributed by atoms with Gasteiger partial charge in [-0.05, 0) is 73.1 Å². The molecule has 32 heavy (non-hydrogen) atoms. The molecule has 0 saturated heterocycles. The number of carbonyl (C=O) groups is 1. The van der Waals surface area contributed by atoms with Crippen molar-refractivity contribution in [3.8, 4) is 11.8 Å². The zero-order valence-electron chi connectivity index (χ0n) is 17.4. The molecule has 5 rings (SSSR count). The van der Waals surface area contributed by atoms with E-state index in [2.05, 4.69) is 22.3 Å². The predicted octanol–water partition coefficient (Wildman–Crippen LogP) is 5.23. The summed E-state index contributed by atoms with van der Waals surface area (Å²) in [5.41, 5.74) is 3.67. The number of amides is 1. The van der Waals surface area contributed by atoms with Crippen LogP contribution in [0.25, 0.3) is 5.69 Å². The summed E-state index contributed by atoms with van der Waals surface area (Å²) in [5.74, 6) is 2.19. The van der Waals surface area contributed by atoms with Crippen molar-refractivity contribution in [3.05, 3.63) is 75.8 Å². The van der Waals surface area contributed by atoms with E-state index >= 15 is 0 Å². The fourth-order valence-corrected chi connectivity index (χ4v) is 5.17. The van der Waals surface area contributed by atoms with E-state index in [9.17, 15) is 15.2 Å². The Labute approximate surface area is 190 Å². The molecule has 0 spiro atoms. The first-order chi connectivity index (χ1) is 15.5. The fourth-order valence-electron chi connectivity index (χ4n) is 4.97. The van der Waals surface area contributed by atoms with Crippen LogP contribution in [-0.4, -0.2) is 30.9 Å². The highest BCUT2D eigenvalue weighted by atomic mass is 35.5. The second kappa shape index (κ2) is 8.29. The number of fused-ring (bicyclic) bond motifs is 3. The van der Waals surface area contributed by atoms with Crippen LogP contribution >= 0.6 is 11.6 Å². The van der Waals surface area contributed by atoms with Gasteiger partial charge in [-0.3, -0.25) is 9.47 Å². The lowest BCUT2D eigenvalue weighted by Crippen LogP contribution is -2.27. The molecule has 0 bridgehead atoms. The van der Waals surface area contributed by atoms with Crippen molar-refractivity contribution in [2.75, 3.05) is 0 Å². The number of nitrogens with zero attached hydrogens (tertiary/aromatic N) is 5. The van der Waals surface area contributed by atoms with E-state index < -0.39 is 6.09 Å². The van der Waals surface area contributed by atoms with Crippen molar-refractivity contribution in [1.82, 2.24) is 19.7 Å². The van der Waals surface area contributed by atoms with Crippen LogP contribution in [0.15, 0.2) is 42.5 Å². The van der Waals surface area contributed by atoms with Gasteiger partial charge in [0, 0.05) is 10.9 Å². The van der Waals surface area contributed by atoms with Crippen molar-refractivity contribution < 1.29 is 9.90 Å². The lowest BCUT2D eigenvalue weighted by Gasteiger charge is -2.29. The van der Waals surface area contributed by atoms with Gasteiger partial charge >= 0.3 is 6.09 Å². The molecule has 2 heterocycles. The Bertz CT molecular complexity index is 1220. The highest BCUT2D eigenvalue weighted by Gasteiger charge is 2.32. The molecule has 7 nitrogen and oxygen atoms in total. The fraction of sp³-hybridized carbons (Fsp3) is 0.333. The summed E-state index contributed by atoms with van der Waals surface area (Å²) in [7, 11) is 0. The first-order valence-electron chi connectivity index (χ1n) is 10.7. The molecule has 1 aromatic heterocycles. The van der Waals surface area contributed by atoms with Gasteiger partial charge in [0.2, 0.25) is 0 Å². The normalized spacial score (nSPS) is 20.1. The zero-order valence-corrected chi connectivity index (χ0v) is 18.2. The minimum Gasteiger partial charge on any atom is -0.465 e. The highest BCUT2D eigenvalue weighted by molar-refractivity contribution is 6.30. The molecule has 8 heteroatoms. The molecule has 1 N–H and O–H groups in total. The van der Waals surface area contributed by atoms with Gasteiger partial charge in [-0.1, -0.05) is 23.7 Å². The van der Waals surface area contributed by atoms with Crippen LogP contribution in [0.2, 0.25) is 5.02 Å². The van der Waals surface area contributed by atoms with Crippen molar-refractivity contribution in [2.24, 2.45) is 0 Å². The van der Waals surface area contributed by atoms with E-state index in [0.29, 0.717) is 22.3 Å². The van der Waals surface area contributed by atoms with Crippen LogP contribution in [0.4, 0.5) is 4.79 Å². The third-order valence-corrected chi connectivity index (χ3v) is 6.82. The van der Waals surface area contributed by atoms with Gasteiger partial charge in [0.15, 0.2) is 5.82 Å². The minimum absolute atomic E-state index is 0.185. The first kappa shape index (κ1) is 20.5. The predicted molar refractivity (Wildman–Crippen MR) is 119 cm³/mol. The van der Waals surface area contributed by atoms with Crippen molar-refractivity contribution in [1.29, 1.82) is 5.26 Å². The Balaban J connectivity index is 1.45. The van der Waals surface area contributed by atoms with Gasteiger partial charge in [-0.25, -0.2) is 4.79 Å². The molecule has 162 valence electrons. The molecule has 3 aromatic rings. The van der Waals surface area contributed by atoms with Crippen LogP contribution < -0.4 is 0 Å². The van der Waals surface area contributed by atoms with E-state index in [0.717, 1.165) is 42.8 Å². The van der Waals surface area contributed by atoms with Gasteiger partial charge in [-0.15, -0.1) is 10.2 Å². The Hall–Kier alpha value is -3.37. The maximum Gasteiger partial charge on any atom is 0.408 e. The SMILES string of the molecule is N#Cc1cccc(C2CCC(c3nnc4n3-c3ccc(Cl)cc3CN(C(=O)O)C4)CC2)c1. The van der Waals surface area contributed by atoms with Crippen molar-refractivity contribution >= 4 is 17.7 Å². The monoisotopic (exact) mass is 447 g/mol. The Kier molecular flexibility index (Phi) is 5.32. The molecule has 2 aliphatic rings. The quantitative estimate of drug-likeness (QED) is 0.580. The average Bonchev–Trinajstić information content (AvgIpc) is 3.14. The number of aromatic nitrogens is 3. The van der Waals surface area contributed by atoms with Crippen molar-refractivity contribution in [2.45, 2.75) is 50.6 Å². The molecular formula is C24H22ClN5O2. The van der Waals surface area contributed by atoms with Crippen LogP contribution in [-0.2, 0) is 13.1 Å².